The van der Waals surface area contributed by atoms with Gasteiger partial charge in [-0.1, -0.05) is 24.3 Å². The first-order valence-corrected chi connectivity index (χ1v) is 15.5. The molecule has 0 aromatic heterocycles. The highest BCUT2D eigenvalue weighted by Gasteiger charge is 2.43. The summed E-state index contributed by atoms with van der Waals surface area (Å²) in [6, 6.07) is 12.8. The molecule has 13 heteroatoms. The van der Waals surface area contributed by atoms with Crippen molar-refractivity contribution in [2.24, 2.45) is 10.9 Å². The normalized spacial score (nSPS) is 17.4. The Morgan fingerprint density at radius 1 is 1.15 bits per heavy atom. The highest BCUT2D eigenvalue weighted by Crippen LogP contribution is 2.41. The summed E-state index contributed by atoms with van der Waals surface area (Å²) in [7, 11) is 1.55. The van der Waals surface area contributed by atoms with Crippen molar-refractivity contribution in [2.45, 2.75) is 65.1 Å². The van der Waals surface area contributed by atoms with Crippen molar-refractivity contribution in [2.75, 3.05) is 40.0 Å². The summed E-state index contributed by atoms with van der Waals surface area (Å²) >= 11 is 0. The third-order valence-corrected chi connectivity index (χ3v) is 7.92. The summed E-state index contributed by atoms with van der Waals surface area (Å²) in [5.41, 5.74) is 0.232. The van der Waals surface area contributed by atoms with Crippen LogP contribution in [0, 0.1) is 16.0 Å². The number of benzene rings is 2. The molecule has 0 amide bonds. The number of nitro groups is 1. The summed E-state index contributed by atoms with van der Waals surface area (Å²) in [5, 5.41) is 35.9. The predicted octanol–water partition coefficient (Wildman–Crippen LogP) is 4.20. The van der Waals surface area contributed by atoms with Crippen LogP contribution >= 0.6 is 0 Å². The van der Waals surface area contributed by atoms with E-state index in [0.29, 0.717) is 29.3 Å². The first-order valence-electron chi connectivity index (χ1n) is 15.5. The van der Waals surface area contributed by atoms with Gasteiger partial charge in [-0.15, -0.1) is 0 Å². The Hall–Kier alpha value is -4.33. The number of aliphatic hydroxyl groups excluding tert-OH is 1. The topological polar surface area (TPSA) is 173 Å². The lowest BCUT2D eigenvalue weighted by atomic mass is 9.75. The lowest BCUT2D eigenvalue weighted by Gasteiger charge is -2.38. The number of carbonyl (C=O) groups excluding carboxylic acids is 1. The van der Waals surface area contributed by atoms with Crippen LogP contribution in [-0.2, 0) is 14.3 Å². The molecule has 13 nitrogen and oxygen atoms in total. The molecule has 2 aromatic rings. The summed E-state index contributed by atoms with van der Waals surface area (Å²) in [4.78, 5) is 43.9. The number of nitrogens with one attached hydrogen (secondary N) is 1. The number of hydrogen-bond donors (Lipinski definition) is 3. The first kappa shape index (κ1) is 37.1. The highest BCUT2D eigenvalue weighted by molar-refractivity contribution is 6.06. The first-order chi connectivity index (χ1) is 22.2. The van der Waals surface area contributed by atoms with Crippen molar-refractivity contribution >= 4 is 23.3 Å². The van der Waals surface area contributed by atoms with Gasteiger partial charge in [0.15, 0.2) is 11.5 Å². The van der Waals surface area contributed by atoms with Crippen LogP contribution in [0.4, 0.5) is 5.69 Å². The lowest BCUT2D eigenvalue weighted by Crippen LogP contribution is -2.53. The fourth-order valence-corrected chi connectivity index (χ4v) is 5.57. The molecule has 1 aliphatic rings. The number of carboxylic acids is 1. The van der Waals surface area contributed by atoms with E-state index in [1.165, 1.54) is 18.2 Å². The second kappa shape index (κ2) is 16.5. The molecule has 0 fully saturated rings. The van der Waals surface area contributed by atoms with E-state index in [2.05, 4.69) is 15.2 Å². The molecule has 3 atom stereocenters. The van der Waals surface area contributed by atoms with Crippen molar-refractivity contribution in [1.82, 2.24) is 10.2 Å². The highest BCUT2D eigenvalue weighted by atomic mass is 16.6. The summed E-state index contributed by atoms with van der Waals surface area (Å²) in [5.74, 6) is -3.12. The molecule has 0 spiro atoms. The van der Waals surface area contributed by atoms with Gasteiger partial charge in [-0.05, 0) is 59.2 Å². The largest absolute Gasteiger partial charge is 0.493 e. The molecule has 2 aromatic carbocycles. The summed E-state index contributed by atoms with van der Waals surface area (Å²) in [6.45, 7) is 12.2. The number of hydrogen-bond acceptors (Lipinski definition) is 11. The van der Waals surface area contributed by atoms with Crippen molar-refractivity contribution in [1.29, 1.82) is 0 Å². The predicted molar refractivity (Wildman–Crippen MR) is 177 cm³/mol. The van der Waals surface area contributed by atoms with Crippen molar-refractivity contribution in [3.8, 4) is 11.5 Å². The van der Waals surface area contributed by atoms with E-state index in [1.54, 1.807) is 39.2 Å². The van der Waals surface area contributed by atoms with E-state index in [9.17, 15) is 29.9 Å². The van der Waals surface area contributed by atoms with E-state index in [0.717, 1.165) is 0 Å². The van der Waals surface area contributed by atoms with Gasteiger partial charge in [0, 0.05) is 55.0 Å². The van der Waals surface area contributed by atoms with Crippen LogP contribution in [0.15, 0.2) is 64.8 Å². The zero-order valence-electron chi connectivity index (χ0n) is 28.1. The Kier molecular flexibility index (Phi) is 13.0. The maximum absolute atomic E-state index is 13.5. The molecule has 3 rings (SSSR count). The number of carboxylic acid groups (broad SMARTS) is 1. The fraction of sp³-hybridized carbons (Fsp3) is 0.500. The Bertz CT molecular complexity index is 1490. The molecule has 0 saturated carbocycles. The van der Waals surface area contributed by atoms with Crippen LogP contribution in [0.5, 0.6) is 11.5 Å². The number of aliphatic hydroxyl groups is 1. The molecule has 3 unspecified atom stereocenters. The van der Waals surface area contributed by atoms with E-state index < -0.39 is 40.3 Å². The third kappa shape index (κ3) is 9.83. The minimum atomic E-state index is -1.23. The van der Waals surface area contributed by atoms with E-state index in [1.807, 2.05) is 39.8 Å². The molecule has 0 radical (unpaired) electrons. The van der Waals surface area contributed by atoms with Crippen molar-refractivity contribution in [3.63, 3.8) is 0 Å². The Morgan fingerprint density at radius 3 is 2.43 bits per heavy atom. The minimum Gasteiger partial charge on any atom is -0.493 e. The van der Waals surface area contributed by atoms with E-state index in [-0.39, 0.29) is 49.3 Å². The molecule has 0 aliphatic carbocycles. The number of nitrogens with zero attached hydrogens (tertiary/aromatic N) is 3. The molecule has 1 aliphatic heterocycles. The quantitative estimate of drug-likeness (QED) is 0.127. The summed E-state index contributed by atoms with van der Waals surface area (Å²) in [6.07, 6.45) is -0.820. The third-order valence-electron chi connectivity index (χ3n) is 7.92. The van der Waals surface area contributed by atoms with Crippen LogP contribution in [0.2, 0.25) is 0 Å². The molecular formula is C34H46N4O9. The average Bonchev–Trinajstić information content (AvgIpc) is 3.02. The van der Waals surface area contributed by atoms with Crippen LogP contribution in [0.25, 0.3) is 0 Å². The van der Waals surface area contributed by atoms with Gasteiger partial charge in [0.05, 0.1) is 29.9 Å². The van der Waals surface area contributed by atoms with E-state index in [4.69, 9.17) is 14.2 Å². The molecule has 1 heterocycles. The van der Waals surface area contributed by atoms with Crippen molar-refractivity contribution < 1.29 is 38.9 Å². The molecule has 0 saturated heterocycles. The zero-order chi connectivity index (χ0) is 34.9. The fourth-order valence-electron chi connectivity index (χ4n) is 5.57. The van der Waals surface area contributed by atoms with Gasteiger partial charge in [-0.2, -0.15) is 0 Å². The van der Waals surface area contributed by atoms with Crippen LogP contribution in [0.1, 0.15) is 53.0 Å². The number of ether oxygens (including phenoxy) is 3. The number of carbonyl (C=O) groups is 2. The average molecular weight is 655 g/mol. The van der Waals surface area contributed by atoms with E-state index >= 15 is 0 Å². The van der Waals surface area contributed by atoms with Crippen molar-refractivity contribution in [3.05, 3.63) is 75.5 Å². The van der Waals surface area contributed by atoms with Crippen LogP contribution in [0.3, 0.4) is 0 Å². The Labute approximate surface area is 275 Å². The maximum Gasteiger partial charge on any atom is 0.336 e. The SMILES string of the molecule is CCOC(=O)C1=C(CN(CC(C)(C)NCC(O)COc2ccccc2OC)C(C)C)N=C(C)C(C(=O)O)C1c1cccc([N+](=O)[O-])c1. The number of β-amino-alcohol motifs (C(OH)–C–C–N with tert-alkyl or cyclic N) is 1. The number of non-ortho nitro benzene ring substituents is 1. The maximum atomic E-state index is 13.5. The van der Waals surface area contributed by atoms with Gasteiger partial charge in [0.1, 0.15) is 18.6 Å². The second-order valence-electron chi connectivity index (χ2n) is 12.4. The molecule has 256 valence electrons. The number of methoxy groups -OCH3 is 1. The Morgan fingerprint density at radius 2 is 1.83 bits per heavy atom. The molecule has 47 heavy (non-hydrogen) atoms. The lowest BCUT2D eigenvalue weighted by molar-refractivity contribution is -0.384. The number of rotatable bonds is 17. The number of esters is 1. The van der Waals surface area contributed by atoms with Crippen LogP contribution in [-0.4, -0.2) is 95.3 Å². The van der Waals surface area contributed by atoms with Crippen LogP contribution < -0.4 is 14.8 Å². The number of nitro benzene ring substituents is 1. The minimum absolute atomic E-state index is 0.0326. The number of aliphatic carboxylic acids is 1. The Balaban J connectivity index is 1.89. The molecule has 3 N–H and O–H groups in total. The molecule has 0 bridgehead atoms. The number of aliphatic imine (C=N–C) groups is 1. The second-order valence-corrected chi connectivity index (χ2v) is 12.4. The molecular weight excluding hydrogens is 608 g/mol. The van der Waals surface area contributed by atoms with Gasteiger partial charge in [0.2, 0.25) is 0 Å². The monoisotopic (exact) mass is 654 g/mol. The van der Waals surface area contributed by atoms with Gasteiger partial charge < -0.3 is 29.7 Å². The van der Waals surface area contributed by atoms with Gasteiger partial charge in [-0.25, -0.2) is 4.79 Å². The van der Waals surface area contributed by atoms with Gasteiger partial charge in [-0.3, -0.25) is 24.8 Å². The zero-order valence-corrected chi connectivity index (χ0v) is 28.1. The smallest absolute Gasteiger partial charge is 0.336 e. The summed E-state index contributed by atoms with van der Waals surface area (Å²) < 4.78 is 16.5. The van der Waals surface area contributed by atoms with Gasteiger partial charge >= 0.3 is 11.9 Å². The number of para-hydroxylation sites is 2. The standard InChI is InChI=1S/C34H46N4O9/c1-8-46-33(42)31-26(36-22(4)29(32(40)41)30(31)23-12-11-13-24(16-23)38(43)44)18-37(21(2)3)20-34(5,6)35-17-25(39)19-47-28-15-10-9-14-27(28)45-7/h9-16,21,25,29-30,35,39H,8,17-20H2,1-7H3,(H,40,41). The van der Waals surface area contributed by atoms with Gasteiger partial charge in [0.25, 0.3) is 5.69 Å².